The molecule has 1 aromatic heterocycles. The van der Waals surface area contributed by atoms with Crippen molar-refractivity contribution in [2.45, 2.75) is 25.3 Å². The first-order valence-corrected chi connectivity index (χ1v) is 7.33. The fourth-order valence-corrected chi connectivity index (χ4v) is 3.58. The number of piperidine rings is 1. The Hall–Kier alpha value is -1.55. The number of aromatic amines is 1. The van der Waals surface area contributed by atoms with Crippen LogP contribution in [-0.4, -0.2) is 47.1 Å². The largest absolute Gasteiger partial charge is 0.367 e. The lowest BCUT2D eigenvalue weighted by Crippen LogP contribution is -2.54. The molecule has 2 aliphatic rings. The first kappa shape index (κ1) is 11.3. The van der Waals surface area contributed by atoms with E-state index < -0.39 is 0 Å². The normalized spacial score (nSPS) is 24.6. The Morgan fingerprint density at radius 3 is 3.16 bits per heavy atom. The van der Waals surface area contributed by atoms with Crippen molar-refractivity contribution < 1.29 is 0 Å². The molecular formula is C15H20N4. The Morgan fingerprint density at radius 2 is 2.16 bits per heavy atom. The van der Waals surface area contributed by atoms with Crippen molar-refractivity contribution in [3.05, 3.63) is 24.5 Å². The number of aromatic nitrogens is 2. The minimum Gasteiger partial charge on any atom is -0.367 e. The molecule has 0 aliphatic carbocycles. The number of nitrogens with one attached hydrogen (secondary N) is 1. The molecule has 0 radical (unpaired) electrons. The number of hydrogen-bond donors (Lipinski definition) is 1. The number of fused-ring (bicyclic) bond motifs is 2. The van der Waals surface area contributed by atoms with Crippen LogP contribution < -0.4 is 4.90 Å². The Morgan fingerprint density at radius 1 is 1.16 bits per heavy atom. The number of piperazine rings is 1. The third kappa shape index (κ3) is 1.91. The predicted octanol–water partition coefficient (Wildman–Crippen LogP) is 2.24. The van der Waals surface area contributed by atoms with E-state index >= 15 is 0 Å². The molecule has 4 heteroatoms. The Labute approximate surface area is 113 Å². The van der Waals surface area contributed by atoms with Crippen LogP contribution in [0.5, 0.6) is 0 Å². The van der Waals surface area contributed by atoms with Gasteiger partial charge in [0.15, 0.2) is 0 Å². The summed E-state index contributed by atoms with van der Waals surface area (Å²) in [7, 11) is 0. The van der Waals surface area contributed by atoms with Gasteiger partial charge in [-0.15, -0.1) is 0 Å². The molecule has 3 heterocycles. The van der Waals surface area contributed by atoms with Crippen LogP contribution in [-0.2, 0) is 0 Å². The van der Waals surface area contributed by atoms with Crippen LogP contribution in [0.3, 0.4) is 0 Å². The molecule has 2 saturated heterocycles. The van der Waals surface area contributed by atoms with E-state index in [9.17, 15) is 0 Å². The molecule has 2 aliphatic heterocycles. The van der Waals surface area contributed by atoms with E-state index in [1.54, 1.807) is 6.33 Å². The zero-order valence-corrected chi connectivity index (χ0v) is 11.2. The molecule has 1 atom stereocenters. The molecule has 1 N–H and O–H groups in total. The lowest BCUT2D eigenvalue weighted by molar-refractivity contribution is 0.133. The highest BCUT2D eigenvalue weighted by Crippen LogP contribution is 2.28. The van der Waals surface area contributed by atoms with E-state index in [4.69, 9.17) is 0 Å². The van der Waals surface area contributed by atoms with Gasteiger partial charge in [0, 0.05) is 25.7 Å². The summed E-state index contributed by atoms with van der Waals surface area (Å²) in [5.41, 5.74) is 3.55. The Balaban J connectivity index is 1.64. The topological polar surface area (TPSA) is 35.2 Å². The number of para-hydroxylation sites is 1. The van der Waals surface area contributed by atoms with Gasteiger partial charge in [-0.05, 0) is 31.5 Å². The molecule has 1 aromatic carbocycles. The maximum Gasteiger partial charge on any atom is 0.112 e. The molecule has 0 bridgehead atoms. The highest BCUT2D eigenvalue weighted by Gasteiger charge is 2.29. The number of anilines is 1. The third-order valence-corrected chi connectivity index (χ3v) is 4.61. The average Bonchev–Trinajstić information content (AvgIpc) is 2.95. The monoisotopic (exact) mass is 256 g/mol. The van der Waals surface area contributed by atoms with E-state index in [1.165, 1.54) is 38.0 Å². The summed E-state index contributed by atoms with van der Waals surface area (Å²) in [6.07, 6.45) is 5.92. The summed E-state index contributed by atoms with van der Waals surface area (Å²) in [6.45, 7) is 4.78. The molecule has 0 spiro atoms. The van der Waals surface area contributed by atoms with Crippen LogP contribution in [0.25, 0.3) is 11.0 Å². The number of nitrogens with zero attached hydrogens (tertiary/aromatic N) is 3. The third-order valence-electron chi connectivity index (χ3n) is 4.61. The predicted molar refractivity (Wildman–Crippen MR) is 77.5 cm³/mol. The molecule has 4 nitrogen and oxygen atoms in total. The lowest BCUT2D eigenvalue weighted by atomic mass is 9.99. The Bertz CT molecular complexity index is 576. The molecule has 4 rings (SSSR count). The fraction of sp³-hybridized carbons (Fsp3) is 0.533. The number of rotatable bonds is 1. The molecule has 2 fully saturated rings. The minimum atomic E-state index is 0.747. The summed E-state index contributed by atoms with van der Waals surface area (Å²) in [5, 5.41) is 0. The van der Waals surface area contributed by atoms with E-state index in [1.807, 2.05) is 0 Å². The molecular weight excluding hydrogens is 236 g/mol. The maximum atomic E-state index is 4.49. The van der Waals surface area contributed by atoms with Gasteiger partial charge in [0.25, 0.3) is 0 Å². The highest BCUT2D eigenvalue weighted by atomic mass is 15.3. The van der Waals surface area contributed by atoms with Crippen LogP contribution >= 0.6 is 0 Å². The van der Waals surface area contributed by atoms with Crippen LogP contribution in [0.1, 0.15) is 19.3 Å². The van der Waals surface area contributed by atoms with Gasteiger partial charge in [0.2, 0.25) is 0 Å². The first-order chi connectivity index (χ1) is 9.42. The van der Waals surface area contributed by atoms with Crippen molar-refractivity contribution in [3.8, 4) is 0 Å². The van der Waals surface area contributed by atoms with Crippen LogP contribution in [0.4, 0.5) is 5.69 Å². The summed E-state index contributed by atoms with van der Waals surface area (Å²) in [6, 6.07) is 7.18. The van der Waals surface area contributed by atoms with Gasteiger partial charge in [0.1, 0.15) is 5.52 Å². The van der Waals surface area contributed by atoms with Crippen LogP contribution in [0.15, 0.2) is 24.5 Å². The number of hydrogen-bond acceptors (Lipinski definition) is 3. The molecule has 100 valence electrons. The first-order valence-electron chi connectivity index (χ1n) is 7.33. The van der Waals surface area contributed by atoms with Crippen LogP contribution in [0, 0.1) is 0 Å². The Kier molecular flexibility index (Phi) is 2.69. The maximum absolute atomic E-state index is 4.49. The average molecular weight is 256 g/mol. The van der Waals surface area contributed by atoms with Gasteiger partial charge in [-0.2, -0.15) is 0 Å². The number of imidazole rings is 1. The lowest BCUT2D eigenvalue weighted by Gasteiger charge is -2.44. The van der Waals surface area contributed by atoms with Crippen molar-refractivity contribution in [3.63, 3.8) is 0 Å². The van der Waals surface area contributed by atoms with Gasteiger partial charge in [-0.1, -0.05) is 12.5 Å². The SMILES string of the molecule is c1cc(N2CCN3CCCCC3C2)c2nc[nH]c2c1. The van der Waals surface area contributed by atoms with Crippen molar-refractivity contribution in [1.82, 2.24) is 14.9 Å². The van der Waals surface area contributed by atoms with Gasteiger partial charge < -0.3 is 9.88 Å². The molecule has 2 aromatic rings. The summed E-state index contributed by atoms with van der Waals surface area (Å²) < 4.78 is 0. The summed E-state index contributed by atoms with van der Waals surface area (Å²) in [4.78, 5) is 12.9. The van der Waals surface area contributed by atoms with Gasteiger partial charge >= 0.3 is 0 Å². The summed E-state index contributed by atoms with van der Waals surface area (Å²) in [5.74, 6) is 0. The second kappa shape index (κ2) is 4.53. The second-order valence-electron chi connectivity index (χ2n) is 5.71. The minimum absolute atomic E-state index is 0.747. The van der Waals surface area contributed by atoms with E-state index in [-0.39, 0.29) is 0 Å². The second-order valence-corrected chi connectivity index (χ2v) is 5.71. The fourth-order valence-electron chi connectivity index (χ4n) is 3.58. The van der Waals surface area contributed by atoms with Gasteiger partial charge in [-0.25, -0.2) is 4.98 Å². The molecule has 1 unspecified atom stereocenters. The zero-order chi connectivity index (χ0) is 12.7. The molecule has 0 saturated carbocycles. The zero-order valence-electron chi connectivity index (χ0n) is 11.2. The van der Waals surface area contributed by atoms with Crippen LogP contribution in [0.2, 0.25) is 0 Å². The highest BCUT2D eigenvalue weighted by molar-refractivity contribution is 5.88. The van der Waals surface area contributed by atoms with Crippen molar-refractivity contribution in [1.29, 1.82) is 0 Å². The standard InChI is InChI=1S/C15H20N4/c1-2-7-18-8-9-19(10-12(18)4-1)14-6-3-5-13-15(14)17-11-16-13/h3,5-6,11-12H,1-2,4,7-10H2,(H,16,17). The van der Waals surface area contributed by atoms with Gasteiger partial charge in [0.05, 0.1) is 17.5 Å². The van der Waals surface area contributed by atoms with E-state index in [0.29, 0.717) is 0 Å². The molecule has 19 heavy (non-hydrogen) atoms. The van der Waals surface area contributed by atoms with E-state index in [0.717, 1.165) is 30.2 Å². The van der Waals surface area contributed by atoms with Gasteiger partial charge in [-0.3, -0.25) is 4.90 Å². The quantitative estimate of drug-likeness (QED) is 0.850. The smallest absolute Gasteiger partial charge is 0.112 e. The number of benzene rings is 1. The van der Waals surface area contributed by atoms with Crippen molar-refractivity contribution in [2.24, 2.45) is 0 Å². The molecule has 0 amide bonds. The number of H-pyrrole nitrogens is 1. The summed E-state index contributed by atoms with van der Waals surface area (Å²) >= 11 is 0. The van der Waals surface area contributed by atoms with Crippen molar-refractivity contribution in [2.75, 3.05) is 31.1 Å². The van der Waals surface area contributed by atoms with E-state index in [2.05, 4.69) is 38.0 Å². The van der Waals surface area contributed by atoms with Crippen molar-refractivity contribution >= 4 is 16.7 Å².